The van der Waals surface area contributed by atoms with Crippen LogP contribution in [0.5, 0.6) is 0 Å². The van der Waals surface area contributed by atoms with Gasteiger partial charge in [0.1, 0.15) is 0 Å². The number of aromatic nitrogens is 2. The molecule has 1 N–H and O–H groups in total. The highest BCUT2D eigenvalue weighted by molar-refractivity contribution is 5.85. The minimum absolute atomic E-state index is 1.07. The molecule has 0 bridgehead atoms. The maximum atomic E-state index is 4.10. The minimum Gasteiger partial charge on any atom is -0.299 e. The summed E-state index contributed by atoms with van der Waals surface area (Å²) in [5.74, 6) is 0. The van der Waals surface area contributed by atoms with E-state index in [4.69, 9.17) is 0 Å². The fraction of sp³-hybridized carbons (Fsp3) is 0.400. The highest BCUT2D eigenvalue weighted by Crippen LogP contribution is 2.27. The predicted molar refractivity (Wildman–Crippen MR) is 75.5 cm³/mol. The number of H-pyrrole nitrogens is 1. The molecule has 1 aromatic heterocycles. The Labute approximate surface area is 107 Å². The highest BCUT2D eigenvalue weighted by atomic mass is 15.1. The number of likely N-dealkylation sites (N-methyl/N-ethyl adjacent to an activating group) is 1. The Bertz CT molecular complexity index is 595. The van der Waals surface area contributed by atoms with Gasteiger partial charge in [-0.05, 0) is 48.7 Å². The van der Waals surface area contributed by atoms with Gasteiger partial charge in [-0.25, -0.2) is 0 Å². The topological polar surface area (TPSA) is 31.9 Å². The van der Waals surface area contributed by atoms with E-state index in [0.717, 1.165) is 25.0 Å². The number of hydrogen-bond acceptors (Lipinski definition) is 2. The molecule has 0 atom stereocenters. The molecule has 0 unspecified atom stereocenters. The van der Waals surface area contributed by atoms with Crippen LogP contribution in [0.3, 0.4) is 0 Å². The summed E-state index contributed by atoms with van der Waals surface area (Å²) >= 11 is 0. The Balaban J connectivity index is 2.02. The Morgan fingerprint density at radius 3 is 3.11 bits per heavy atom. The molecular weight excluding hydrogens is 222 g/mol. The molecule has 0 radical (unpaired) electrons. The first-order chi connectivity index (χ1) is 8.78. The van der Waals surface area contributed by atoms with Gasteiger partial charge in [-0.15, -0.1) is 0 Å². The zero-order chi connectivity index (χ0) is 12.5. The van der Waals surface area contributed by atoms with E-state index in [0.29, 0.717) is 0 Å². The fourth-order valence-corrected chi connectivity index (χ4v) is 2.72. The van der Waals surface area contributed by atoms with E-state index in [1.165, 1.54) is 28.6 Å². The van der Waals surface area contributed by atoms with E-state index >= 15 is 0 Å². The number of aryl methyl sites for hydroxylation is 1. The first-order valence-electron chi connectivity index (χ1n) is 6.63. The van der Waals surface area contributed by atoms with Crippen LogP contribution < -0.4 is 0 Å². The van der Waals surface area contributed by atoms with Crippen molar-refractivity contribution >= 4 is 16.5 Å². The van der Waals surface area contributed by atoms with Crippen LogP contribution in [-0.2, 0) is 0 Å². The van der Waals surface area contributed by atoms with E-state index in [1.54, 1.807) is 0 Å². The average molecular weight is 241 g/mol. The van der Waals surface area contributed by atoms with Crippen LogP contribution in [0.2, 0.25) is 0 Å². The molecule has 0 amide bonds. The summed E-state index contributed by atoms with van der Waals surface area (Å²) in [7, 11) is 0. The molecule has 0 aliphatic carbocycles. The maximum Gasteiger partial charge on any atom is 0.0656 e. The van der Waals surface area contributed by atoms with Gasteiger partial charge in [0.25, 0.3) is 0 Å². The monoisotopic (exact) mass is 241 g/mol. The van der Waals surface area contributed by atoms with Crippen LogP contribution in [0.15, 0.2) is 24.4 Å². The molecule has 3 nitrogen and oxygen atoms in total. The van der Waals surface area contributed by atoms with Gasteiger partial charge in [-0.2, -0.15) is 5.10 Å². The first-order valence-corrected chi connectivity index (χ1v) is 6.63. The Hall–Kier alpha value is -1.61. The number of benzene rings is 1. The molecule has 2 heterocycles. The van der Waals surface area contributed by atoms with Crippen LogP contribution >= 0.6 is 0 Å². The molecule has 1 aliphatic rings. The van der Waals surface area contributed by atoms with E-state index < -0.39 is 0 Å². The van der Waals surface area contributed by atoms with E-state index in [9.17, 15) is 0 Å². The first kappa shape index (κ1) is 11.5. The largest absolute Gasteiger partial charge is 0.299 e. The van der Waals surface area contributed by atoms with Crippen LogP contribution in [-0.4, -0.2) is 34.7 Å². The summed E-state index contributed by atoms with van der Waals surface area (Å²) in [4.78, 5) is 2.49. The molecule has 0 spiro atoms. The molecule has 0 fully saturated rings. The summed E-state index contributed by atoms with van der Waals surface area (Å²) in [5, 5.41) is 8.36. The molecule has 3 heteroatoms. The van der Waals surface area contributed by atoms with Gasteiger partial charge in [0.05, 0.1) is 11.7 Å². The maximum absolute atomic E-state index is 4.10. The van der Waals surface area contributed by atoms with Crippen molar-refractivity contribution in [3.05, 3.63) is 35.5 Å². The number of fused-ring (bicyclic) bond motifs is 1. The summed E-state index contributed by atoms with van der Waals surface area (Å²) in [5.41, 5.74) is 5.29. The van der Waals surface area contributed by atoms with Gasteiger partial charge >= 0.3 is 0 Å². The number of rotatable bonds is 2. The number of nitrogens with one attached hydrogen (secondary N) is 1. The van der Waals surface area contributed by atoms with Gasteiger partial charge in [0.2, 0.25) is 0 Å². The van der Waals surface area contributed by atoms with E-state index in [2.05, 4.69) is 47.2 Å². The van der Waals surface area contributed by atoms with Crippen molar-refractivity contribution in [2.24, 2.45) is 0 Å². The lowest BCUT2D eigenvalue weighted by molar-refractivity contribution is 0.321. The van der Waals surface area contributed by atoms with E-state index in [-0.39, 0.29) is 0 Å². The molecule has 2 aromatic rings. The lowest BCUT2D eigenvalue weighted by Crippen LogP contribution is -2.29. The second kappa shape index (κ2) is 4.58. The molecular formula is C15H19N3. The third-order valence-electron chi connectivity index (χ3n) is 3.81. The highest BCUT2D eigenvalue weighted by Gasteiger charge is 2.14. The lowest BCUT2D eigenvalue weighted by Gasteiger charge is -2.26. The number of nitrogens with zero attached hydrogens (tertiary/aromatic N) is 2. The summed E-state index contributed by atoms with van der Waals surface area (Å²) in [6.07, 6.45) is 5.43. The second-order valence-electron chi connectivity index (χ2n) is 5.01. The van der Waals surface area contributed by atoms with Crippen molar-refractivity contribution in [2.75, 3.05) is 19.6 Å². The molecule has 94 valence electrons. The molecule has 0 saturated heterocycles. The summed E-state index contributed by atoms with van der Waals surface area (Å²) < 4.78 is 0. The predicted octanol–water partition coefficient (Wildman–Crippen LogP) is 2.98. The van der Waals surface area contributed by atoms with Gasteiger partial charge in [-0.3, -0.25) is 10.00 Å². The van der Waals surface area contributed by atoms with Crippen LogP contribution in [0, 0.1) is 6.92 Å². The van der Waals surface area contributed by atoms with Gasteiger partial charge in [0.15, 0.2) is 0 Å². The lowest BCUT2D eigenvalue weighted by atomic mass is 9.96. The van der Waals surface area contributed by atoms with Crippen molar-refractivity contribution in [1.29, 1.82) is 0 Å². The van der Waals surface area contributed by atoms with Crippen molar-refractivity contribution in [3.63, 3.8) is 0 Å². The molecule has 0 saturated carbocycles. The normalized spacial score (nSPS) is 17.1. The van der Waals surface area contributed by atoms with Gasteiger partial charge < -0.3 is 0 Å². The van der Waals surface area contributed by atoms with Gasteiger partial charge in [-0.1, -0.05) is 13.0 Å². The van der Waals surface area contributed by atoms with Crippen LogP contribution in [0.1, 0.15) is 24.5 Å². The zero-order valence-electron chi connectivity index (χ0n) is 11.0. The Morgan fingerprint density at radius 1 is 1.39 bits per heavy atom. The SMILES string of the molecule is CCN1CCC=C(c2cc3[nH]ncc3cc2C)C1. The third-order valence-corrected chi connectivity index (χ3v) is 3.81. The minimum atomic E-state index is 1.07. The number of hydrogen-bond donors (Lipinski definition) is 1. The Kier molecular flexibility index (Phi) is 2.92. The van der Waals surface area contributed by atoms with Gasteiger partial charge in [0, 0.05) is 18.5 Å². The van der Waals surface area contributed by atoms with Crippen LogP contribution in [0.4, 0.5) is 0 Å². The fourth-order valence-electron chi connectivity index (χ4n) is 2.72. The van der Waals surface area contributed by atoms with Crippen molar-refractivity contribution < 1.29 is 0 Å². The summed E-state index contributed by atoms with van der Waals surface area (Å²) in [6.45, 7) is 7.80. The smallest absolute Gasteiger partial charge is 0.0656 e. The molecule has 1 aromatic carbocycles. The van der Waals surface area contributed by atoms with Crippen molar-refractivity contribution in [3.8, 4) is 0 Å². The third kappa shape index (κ3) is 1.95. The summed E-state index contributed by atoms with van der Waals surface area (Å²) in [6, 6.07) is 4.46. The standard InChI is InChI=1S/C15H19N3/c1-3-18-6-4-5-12(10-18)14-8-15-13(7-11(14)2)9-16-17-15/h5,7-9H,3-4,6,10H2,1-2H3,(H,16,17). The van der Waals surface area contributed by atoms with Crippen molar-refractivity contribution in [2.45, 2.75) is 20.3 Å². The van der Waals surface area contributed by atoms with E-state index in [1.807, 2.05) is 6.20 Å². The average Bonchev–Trinajstić information content (AvgIpc) is 2.85. The molecule has 3 rings (SSSR count). The van der Waals surface area contributed by atoms with Crippen LogP contribution in [0.25, 0.3) is 16.5 Å². The second-order valence-corrected chi connectivity index (χ2v) is 5.01. The molecule has 1 aliphatic heterocycles. The molecule has 18 heavy (non-hydrogen) atoms. The number of aromatic amines is 1. The Morgan fingerprint density at radius 2 is 2.28 bits per heavy atom. The quantitative estimate of drug-likeness (QED) is 0.876. The van der Waals surface area contributed by atoms with Crippen molar-refractivity contribution in [1.82, 2.24) is 15.1 Å². The zero-order valence-corrected chi connectivity index (χ0v) is 11.0.